The third-order valence-electron chi connectivity index (χ3n) is 9.51. The van der Waals surface area contributed by atoms with Crippen molar-refractivity contribution >= 4 is 29.1 Å². The first-order chi connectivity index (χ1) is 21.0. The lowest BCUT2D eigenvalue weighted by Gasteiger charge is -2.44. The Morgan fingerprint density at radius 3 is 2.31 bits per heavy atom. The van der Waals surface area contributed by atoms with E-state index in [1.54, 1.807) is 27.7 Å². The van der Waals surface area contributed by atoms with Crippen molar-refractivity contribution in [3.05, 3.63) is 35.9 Å². The van der Waals surface area contributed by atoms with Crippen molar-refractivity contribution in [2.75, 3.05) is 13.2 Å². The van der Waals surface area contributed by atoms with Gasteiger partial charge in [-0.25, -0.2) is 14.2 Å². The molecule has 11 heteroatoms. The van der Waals surface area contributed by atoms with Crippen molar-refractivity contribution in [3.63, 3.8) is 0 Å². The third kappa shape index (κ3) is 8.23. The fraction of sp³-hybridized carbons (Fsp3) is 0.676. The molecule has 0 aromatic heterocycles. The molecule has 1 aromatic carbocycles. The van der Waals surface area contributed by atoms with Crippen LogP contribution >= 0.6 is 0 Å². The van der Waals surface area contributed by atoms with Crippen molar-refractivity contribution in [2.45, 2.75) is 111 Å². The molecule has 45 heavy (non-hydrogen) atoms. The number of carbonyl (C=O) groups is 3. The van der Waals surface area contributed by atoms with Gasteiger partial charge >= 0.3 is 5.97 Å². The van der Waals surface area contributed by atoms with Crippen molar-refractivity contribution in [1.82, 2.24) is 0 Å². The number of hydrogen-bond donors (Lipinski definition) is 1. The molecule has 0 aliphatic carbocycles. The number of cyclic esters (lactones) is 1. The van der Waals surface area contributed by atoms with Gasteiger partial charge in [-0.3, -0.25) is 9.59 Å². The van der Waals surface area contributed by atoms with E-state index >= 15 is 4.39 Å². The molecule has 0 unspecified atom stereocenters. The summed E-state index contributed by atoms with van der Waals surface area (Å²) in [5, 5.41) is 16.4. The van der Waals surface area contributed by atoms with Crippen LogP contribution in [0.25, 0.3) is 0 Å². The predicted octanol–water partition coefficient (Wildman–Crippen LogP) is 5.04. The summed E-state index contributed by atoms with van der Waals surface area (Å²) in [5.74, 6) is -5.43. The lowest BCUT2D eigenvalue weighted by atomic mass is 9.70. The van der Waals surface area contributed by atoms with Crippen LogP contribution in [0.15, 0.2) is 40.5 Å². The van der Waals surface area contributed by atoms with Crippen LogP contribution in [0.3, 0.4) is 0 Å². The summed E-state index contributed by atoms with van der Waals surface area (Å²) in [5.41, 5.74) is -4.26. The summed E-state index contributed by atoms with van der Waals surface area (Å²) >= 11 is 0. The molecular weight excluding hydrogens is 583 g/mol. The number of fused-ring (bicyclic) bond motifs is 5. The molecule has 0 radical (unpaired) electrons. The highest BCUT2D eigenvalue weighted by Crippen LogP contribution is 2.40. The van der Waals surface area contributed by atoms with Crippen molar-refractivity contribution < 1.29 is 42.9 Å². The van der Waals surface area contributed by atoms with E-state index in [0.29, 0.717) is 11.4 Å². The minimum absolute atomic E-state index is 0.0643. The number of alkyl halides is 1. The number of halogens is 1. The van der Waals surface area contributed by atoms with Crippen LogP contribution in [0, 0.1) is 23.7 Å². The largest absolute Gasteiger partial charge is 0.457 e. The summed E-state index contributed by atoms with van der Waals surface area (Å²) in [6.07, 6.45) is -2.02. The monoisotopic (exact) mass is 632 g/mol. The van der Waals surface area contributed by atoms with E-state index in [0.717, 1.165) is 12.5 Å². The molecule has 0 saturated carbocycles. The van der Waals surface area contributed by atoms with Crippen LogP contribution in [-0.4, -0.2) is 76.5 Å². The number of Topliss-reactive ketones (excluding diaryl/α,β-unsaturated/α-hetero) is 1. The number of hydrogen-bond acceptors (Lipinski definition) is 9. The Hall–Kier alpha value is -3.02. The van der Waals surface area contributed by atoms with E-state index in [4.69, 9.17) is 19.0 Å². The van der Waals surface area contributed by atoms with Crippen molar-refractivity contribution in [1.29, 1.82) is 0 Å². The minimum atomic E-state index is -2.98. The molecule has 2 bridgehead atoms. The Morgan fingerprint density at radius 2 is 1.71 bits per heavy atom. The number of oxime groups is 1. The maximum Gasteiger partial charge on any atom is 0.351 e. The summed E-state index contributed by atoms with van der Waals surface area (Å²) in [7, 11) is 0. The Morgan fingerprint density at radius 1 is 1.07 bits per heavy atom. The standard InChI is InChI=1S/C34H49FN2O8/c1-10-27-34(9,41)30-22(4)28(36-24(6)38)20(2)16-32(7,23(5)21(3)29(39)33(8,35)31(40)45-27)43-19-26(18-42-30)37-44-17-25-14-12-11-13-15-25/h11-15,20-23,27,30,41H,10,16-19H2,1-9H3/b36-28?,37-26+/t20-,21-,22+,23-,27-,30-,32-,33+,34-/m1/s1. The molecule has 2 fully saturated rings. The molecular formula is C34H49FN2O8. The number of aliphatic hydroxyl groups is 1. The van der Waals surface area contributed by atoms with Crippen LogP contribution in [0.1, 0.15) is 80.7 Å². The minimum Gasteiger partial charge on any atom is -0.457 e. The molecule has 9 atom stereocenters. The normalized spacial score (nSPS) is 39.0. The second kappa shape index (κ2) is 14.6. The number of ether oxygens (including phenoxy) is 3. The van der Waals surface area contributed by atoms with E-state index in [9.17, 15) is 19.5 Å². The van der Waals surface area contributed by atoms with Crippen LogP contribution in [0.5, 0.6) is 0 Å². The van der Waals surface area contributed by atoms with Crippen LogP contribution in [0.2, 0.25) is 0 Å². The highest BCUT2D eigenvalue weighted by Gasteiger charge is 2.54. The number of benzene rings is 1. The first kappa shape index (κ1) is 36.4. The zero-order valence-corrected chi connectivity index (χ0v) is 28.0. The number of nitrogens with zero attached hydrogens (tertiary/aromatic N) is 2. The van der Waals surface area contributed by atoms with E-state index in [2.05, 4.69) is 10.1 Å². The molecule has 2 aliphatic rings. The number of rotatable bonds is 4. The Kier molecular flexibility index (Phi) is 11.8. The molecule has 10 nitrogen and oxygen atoms in total. The highest BCUT2D eigenvalue weighted by molar-refractivity contribution is 6.07. The summed E-state index contributed by atoms with van der Waals surface area (Å²) in [4.78, 5) is 49.3. The van der Waals surface area contributed by atoms with E-state index in [1.807, 2.05) is 44.2 Å². The molecule has 3 rings (SSSR count). The summed E-state index contributed by atoms with van der Waals surface area (Å²) in [6, 6.07) is 9.49. The molecule has 2 saturated heterocycles. The molecule has 0 spiro atoms. The van der Waals surface area contributed by atoms with Crippen LogP contribution in [-0.2, 0) is 40.0 Å². The zero-order valence-electron chi connectivity index (χ0n) is 28.0. The van der Waals surface area contributed by atoms with Gasteiger partial charge < -0.3 is 24.2 Å². The first-order valence-electron chi connectivity index (χ1n) is 15.7. The topological polar surface area (TPSA) is 133 Å². The van der Waals surface area contributed by atoms with Gasteiger partial charge in [0.05, 0.1) is 24.9 Å². The van der Waals surface area contributed by atoms with Gasteiger partial charge in [-0.15, -0.1) is 0 Å². The molecule has 2 heterocycles. The fourth-order valence-corrected chi connectivity index (χ4v) is 6.53. The van der Waals surface area contributed by atoms with Gasteiger partial charge in [0.1, 0.15) is 24.0 Å². The molecule has 1 N–H and O–H groups in total. The average Bonchev–Trinajstić information content (AvgIpc) is 3.00. The maximum atomic E-state index is 16.1. The first-order valence-corrected chi connectivity index (χ1v) is 15.7. The number of amides is 1. The Balaban J connectivity index is 2.24. The SMILES string of the molecule is CC[C@H]1OC(=O)[C@@](C)(F)C(=O)[C@H](C)[C@@H](C)[C@@]2(C)C[C@@H](C)C(=NC(C)=O)[C@H](C)[C@@H](OC/C(=N\OCc3ccccc3)CO2)[C@]1(C)O. The highest BCUT2D eigenvalue weighted by atomic mass is 19.1. The molecule has 250 valence electrons. The maximum absolute atomic E-state index is 16.1. The predicted molar refractivity (Wildman–Crippen MR) is 167 cm³/mol. The third-order valence-corrected chi connectivity index (χ3v) is 9.51. The Labute approximate surface area is 265 Å². The van der Waals surface area contributed by atoms with Gasteiger partial charge in [0, 0.05) is 24.5 Å². The van der Waals surface area contributed by atoms with E-state index in [-0.39, 0.29) is 32.7 Å². The summed E-state index contributed by atoms with van der Waals surface area (Å²) in [6.45, 7) is 14.2. The molecule has 2 aliphatic heterocycles. The quantitative estimate of drug-likeness (QED) is 0.277. The van der Waals surface area contributed by atoms with Crippen molar-refractivity contribution in [3.8, 4) is 0 Å². The summed E-state index contributed by atoms with van der Waals surface area (Å²) < 4.78 is 34.6. The van der Waals surface area contributed by atoms with E-state index < -0.39 is 70.4 Å². The van der Waals surface area contributed by atoms with Crippen molar-refractivity contribution in [2.24, 2.45) is 33.8 Å². The lowest BCUT2D eigenvalue weighted by molar-refractivity contribution is -0.198. The van der Waals surface area contributed by atoms with Gasteiger partial charge in [-0.2, -0.15) is 0 Å². The number of ketones is 1. The second-order valence-corrected chi connectivity index (χ2v) is 13.2. The van der Waals surface area contributed by atoms with Crippen LogP contribution in [0.4, 0.5) is 4.39 Å². The zero-order chi connectivity index (χ0) is 33.7. The lowest BCUT2D eigenvalue weighted by Crippen LogP contribution is -2.59. The van der Waals surface area contributed by atoms with Gasteiger partial charge in [-0.1, -0.05) is 70.1 Å². The van der Waals surface area contributed by atoms with Gasteiger partial charge in [0.2, 0.25) is 5.91 Å². The second-order valence-electron chi connectivity index (χ2n) is 13.2. The van der Waals surface area contributed by atoms with Gasteiger partial charge in [-0.05, 0) is 51.0 Å². The van der Waals surface area contributed by atoms with Gasteiger partial charge in [0.15, 0.2) is 5.78 Å². The molecule has 1 aromatic rings. The smallest absolute Gasteiger partial charge is 0.351 e. The Bertz CT molecular complexity index is 1280. The van der Waals surface area contributed by atoms with Gasteiger partial charge in [0.25, 0.3) is 5.67 Å². The fourth-order valence-electron chi connectivity index (χ4n) is 6.53. The van der Waals surface area contributed by atoms with E-state index in [1.165, 1.54) is 13.8 Å². The molecule has 1 amide bonds. The number of aliphatic imine (C=N–C) groups is 1. The number of esters is 1. The van der Waals surface area contributed by atoms with Crippen LogP contribution < -0.4 is 0 Å². The average molecular weight is 633 g/mol. The number of carbonyl (C=O) groups excluding carboxylic acids is 3.